The molecule has 122 valence electrons. The Bertz CT molecular complexity index is 731. The maximum Gasteiger partial charge on any atom is 0.359 e. The van der Waals surface area contributed by atoms with Crippen molar-refractivity contribution < 1.29 is 9.53 Å². The van der Waals surface area contributed by atoms with Crippen molar-refractivity contribution in [1.82, 2.24) is 9.78 Å². The first kappa shape index (κ1) is 16.3. The number of hydrogen-bond acceptors (Lipinski definition) is 3. The lowest BCUT2D eigenvalue weighted by Gasteiger charge is -2.10. The molecule has 6 heteroatoms. The van der Waals surface area contributed by atoms with Crippen molar-refractivity contribution in [3.05, 3.63) is 50.8 Å². The summed E-state index contributed by atoms with van der Waals surface area (Å²) in [4.78, 5) is 12.1. The lowest BCUT2D eigenvalue weighted by Crippen LogP contribution is -2.09. The topological polar surface area (TPSA) is 44.1 Å². The SMILES string of the molecule is CCOC(=O)c1nn(Cc2c(Cl)cccc2Cl)c(C2CC2)c1C. The molecule has 1 aromatic heterocycles. The maximum atomic E-state index is 12.1. The Morgan fingerprint density at radius 2 is 2.00 bits per heavy atom. The van der Waals surface area contributed by atoms with Crippen molar-refractivity contribution in [1.29, 1.82) is 0 Å². The summed E-state index contributed by atoms with van der Waals surface area (Å²) in [5, 5.41) is 5.70. The number of carbonyl (C=O) groups excluding carboxylic acids is 1. The highest BCUT2D eigenvalue weighted by Gasteiger charge is 2.33. The van der Waals surface area contributed by atoms with E-state index in [1.165, 1.54) is 0 Å². The second-order valence-corrected chi connectivity index (χ2v) is 6.53. The molecule has 1 saturated carbocycles. The molecule has 0 atom stereocenters. The van der Waals surface area contributed by atoms with E-state index in [-0.39, 0.29) is 5.97 Å². The number of aromatic nitrogens is 2. The molecule has 1 aliphatic carbocycles. The fraction of sp³-hybridized carbons (Fsp3) is 0.412. The summed E-state index contributed by atoms with van der Waals surface area (Å²) in [7, 11) is 0. The molecule has 1 heterocycles. The normalized spacial score (nSPS) is 14.1. The van der Waals surface area contributed by atoms with Gasteiger partial charge < -0.3 is 4.74 Å². The third-order valence-electron chi connectivity index (χ3n) is 4.04. The average Bonchev–Trinajstić information content (AvgIpc) is 3.28. The molecule has 0 aliphatic heterocycles. The molecule has 0 N–H and O–H groups in total. The summed E-state index contributed by atoms with van der Waals surface area (Å²) in [6, 6.07) is 5.43. The highest BCUT2D eigenvalue weighted by molar-refractivity contribution is 6.35. The lowest BCUT2D eigenvalue weighted by molar-refractivity contribution is 0.0517. The first-order chi connectivity index (χ1) is 11.0. The van der Waals surface area contributed by atoms with E-state index < -0.39 is 0 Å². The first-order valence-corrected chi connectivity index (χ1v) is 8.45. The second-order valence-electron chi connectivity index (χ2n) is 5.71. The Morgan fingerprint density at radius 1 is 1.35 bits per heavy atom. The second kappa shape index (κ2) is 6.54. The summed E-state index contributed by atoms with van der Waals surface area (Å²) in [5.41, 5.74) is 3.19. The fourth-order valence-electron chi connectivity index (χ4n) is 2.79. The van der Waals surface area contributed by atoms with Gasteiger partial charge in [-0.1, -0.05) is 29.3 Å². The van der Waals surface area contributed by atoms with Gasteiger partial charge in [-0.3, -0.25) is 4.68 Å². The number of ether oxygens (including phenoxy) is 1. The summed E-state index contributed by atoms with van der Waals surface area (Å²) >= 11 is 12.5. The summed E-state index contributed by atoms with van der Waals surface area (Å²) in [6.45, 7) is 4.50. The predicted molar refractivity (Wildman–Crippen MR) is 90.5 cm³/mol. The number of esters is 1. The van der Waals surface area contributed by atoms with Crippen molar-refractivity contribution in [2.75, 3.05) is 6.61 Å². The van der Waals surface area contributed by atoms with Crippen LogP contribution in [0.5, 0.6) is 0 Å². The third kappa shape index (κ3) is 3.24. The molecule has 0 bridgehead atoms. The molecule has 4 nitrogen and oxygen atoms in total. The highest BCUT2D eigenvalue weighted by atomic mass is 35.5. The number of halogens is 2. The number of benzene rings is 1. The van der Waals surface area contributed by atoms with Crippen LogP contribution in [0.25, 0.3) is 0 Å². The van der Waals surface area contributed by atoms with Crippen LogP contribution in [0.4, 0.5) is 0 Å². The molecule has 0 spiro atoms. The number of hydrogen-bond donors (Lipinski definition) is 0. The molecule has 0 unspecified atom stereocenters. The molecule has 23 heavy (non-hydrogen) atoms. The van der Waals surface area contributed by atoms with Gasteiger partial charge in [0.05, 0.1) is 13.2 Å². The molecular weight excluding hydrogens is 335 g/mol. The number of nitrogens with zero attached hydrogens (tertiary/aromatic N) is 2. The van der Waals surface area contributed by atoms with Crippen LogP contribution in [0.1, 0.15) is 53.0 Å². The van der Waals surface area contributed by atoms with Gasteiger partial charge in [0, 0.05) is 32.8 Å². The van der Waals surface area contributed by atoms with Crippen LogP contribution in [0.15, 0.2) is 18.2 Å². The molecule has 2 aromatic rings. The maximum absolute atomic E-state index is 12.1. The summed E-state index contributed by atoms with van der Waals surface area (Å²) in [5.74, 6) is 0.0721. The van der Waals surface area contributed by atoms with Crippen LogP contribution >= 0.6 is 23.2 Å². The van der Waals surface area contributed by atoms with E-state index in [1.807, 2.05) is 29.8 Å². The quantitative estimate of drug-likeness (QED) is 0.738. The molecular formula is C17H18Cl2N2O2. The van der Waals surface area contributed by atoms with Gasteiger partial charge in [0.25, 0.3) is 0 Å². The van der Waals surface area contributed by atoms with Crippen LogP contribution in [-0.4, -0.2) is 22.4 Å². The summed E-state index contributed by atoms with van der Waals surface area (Å²) in [6.07, 6.45) is 2.23. The Kier molecular flexibility index (Phi) is 4.64. The Balaban J connectivity index is 2.01. The van der Waals surface area contributed by atoms with Crippen LogP contribution in [-0.2, 0) is 11.3 Å². The van der Waals surface area contributed by atoms with Gasteiger partial charge in [-0.25, -0.2) is 4.79 Å². The van der Waals surface area contributed by atoms with Gasteiger partial charge in [0.1, 0.15) is 0 Å². The van der Waals surface area contributed by atoms with Crippen molar-refractivity contribution in [2.24, 2.45) is 0 Å². The molecule has 0 saturated heterocycles. The van der Waals surface area contributed by atoms with Crippen LogP contribution in [0, 0.1) is 6.92 Å². The Hall–Kier alpha value is -1.52. The standard InChI is InChI=1S/C17H18Cl2N2O2/c1-3-23-17(22)15-10(2)16(11-7-8-11)21(20-15)9-12-13(18)5-4-6-14(12)19/h4-6,11H,3,7-9H2,1-2H3. The van der Waals surface area contributed by atoms with E-state index >= 15 is 0 Å². The summed E-state index contributed by atoms with van der Waals surface area (Å²) < 4.78 is 6.96. The highest BCUT2D eigenvalue weighted by Crippen LogP contribution is 2.42. The van der Waals surface area contributed by atoms with Gasteiger partial charge >= 0.3 is 5.97 Å². The van der Waals surface area contributed by atoms with Gasteiger partial charge in [-0.15, -0.1) is 0 Å². The van der Waals surface area contributed by atoms with Crippen molar-refractivity contribution >= 4 is 29.2 Å². The molecule has 1 fully saturated rings. The van der Waals surface area contributed by atoms with Gasteiger partial charge in [0.2, 0.25) is 0 Å². The Morgan fingerprint density at radius 3 is 2.57 bits per heavy atom. The minimum Gasteiger partial charge on any atom is -0.461 e. The minimum absolute atomic E-state index is 0.334. The minimum atomic E-state index is -0.379. The van der Waals surface area contributed by atoms with E-state index in [2.05, 4.69) is 5.10 Å². The van der Waals surface area contributed by atoms with E-state index in [1.54, 1.807) is 6.92 Å². The molecule has 0 radical (unpaired) electrons. The lowest BCUT2D eigenvalue weighted by atomic mass is 10.1. The smallest absolute Gasteiger partial charge is 0.359 e. The number of rotatable bonds is 5. The fourth-order valence-corrected chi connectivity index (χ4v) is 3.30. The molecule has 0 amide bonds. The van der Waals surface area contributed by atoms with Crippen molar-refractivity contribution in [3.8, 4) is 0 Å². The van der Waals surface area contributed by atoms with Gasteiger partial charge in [0.15, 0.2) is 5.69 Å². The molecule has 3 rings (SSSR count). The largest absolute Gasteiger partial charge is 0.461 e. The zero-order valence-corrected chi connectivity index (χ0v) is 14.6. The number of carbonyl (C=O) groups is 1. The zero-order chi connectivity index (χ0) is 16.6. The monoisotopic (exact) mass is 352 g/mol. The van der Waals surface area contributed by atoms with E-state index in [4.69, 9.17) is 27.9 Å². The van der Waals surface area contributed by atoms with E-state index in [0.717, 1.165) is 29.7 Å². The molecule has 1 aromatic carbocycles. The van der Waals surface area contributed by atoms with Gasteiger partial charge in [-0.2, -0.15) is 5.10 Å². The van der Waals surface area contributed by atoms with Crippen molar-refractivity contribution in [3.63, 3.8) is 0 Å². The zero-order valence-electron chi connectivity index (χ0n) is 13.1. The van der Waals surface area contributed by atoms with E-state index in [0.29, 0.717) is 34.8 Å². The molecule has 1 aliphatic rings. The van der Waals surface area contributed by atoms with Crippen molar-refractivity contribution in [2.45, 2.75) is 39.2 Å². The predicted octanol–water partition coefficient (Wildman–Crippen LogP) is 4.60. The van der Waals surface area contributed by atoms with Gasteiger partial charge in [-0.05, 0) is 38.8 Å². The average molecular weight is 353 g/mol. The Labute approximate surface area is 145 Å². The van der Waals surface area contributed by atoms with Crippen LogP contribution in [0.3, 0.4) is 0 Å². The van der Waals surface area contributed by atoms with E-state index in [9.17, 15) is 4.79 Å². The van der Waals surface area contributed by atoms with Crippen LogP contribution < -0.4 is 0 Å². The van der Waals surface area contributed by atoms with Crippen LogP contribution in [0.2, 0.25) is 10.0 Å². The first-order valence-electron chi connectivity index (χ1n) is 7.70. The third-order valence-corrected chi connectivity index (χ3v) is 4.75.